The smallest absolute Gasteiger partial charge is 0.120 e. The molecule has 0 fully saturated rings. The standard InChI is InChI=1S/C12H18BrNO/c1-3-10(4-2)15-11-5-6-12(13)9(7-11)8-14/h5-7,10H,3-4,8,14H2,1-2H3. The number of ether oxygens (including phenoxy) is 1. The molecule has 0 aromatic heterocycles. The van der Waals surface area contributed by atoms with Gasteiger partial charge in [-0.25, -0.2) is 0 Å². The molecule has 0 spiro atoms. The molecule has 2 nitrogen and oxygen atoms in total. The summed E-state index contributed by atoms with van der Waals surface area (Å²) in [5.41, 5.74) is 6.71. The van der Waals surface area contributed by atoms with Crippen molar-refractivity contribution >= 4 is 15.9 Å². The Morgan fingerprint density at radius 1 is 1.33 bits per heavy atom. The molecular formula is C12H18BrNO. The first-order chi connectivity index (χ1) is 7.21. The van der Waals surface area contributed by atoms with Gasteiger partial charge in [0.25, 0.3) is 0 Å². The van der Waals surface area contributed by atoms with Crippen molar-refractivity contribution in [1.29, 1.82) is 0 Å². The summed E-state index contributed by atoms with van der Waals surface area (Å²) in [4.78, 5) is 0. The Morgan fingerprint density at radius 3 is 2.53 bits per heavy atom. The van der Waals surface area contributed by atoms with Crippen LogP contribution in [0.25, 0.3) is 0 Å². The van der Waals surface area contributed by atoms with E-state index >= 15 is 0 Å². The maximum atomic E-state index is 5.83. The van der Waals surface area contributed by atoms with E-state index in [9.17, 15) is 0 Å². The van der Waals surface area contributed by atoms with Crippen LogP contribution in [0.15, 0.2) is 22.7 Å². The van der Waals surface area contributed by atoms with Crippen LogP contribution in [0.2, 0.25) is 0 Å². The molecule has 0 saturated heterocycles. The Morgan fingerprint density at radius 2 is 2.00 bits per heavy atom. The van der Waals surface area contributed by atoms with Gasteiger partial charge in [0, 0.05) is 11.0 Å². The van der Waals surface area contributed by atoms with Crippen LogP contribution in [0.5, 0.6) is 5.75 Å². The maximum Gasteiger partial charge on any atom is 0.120 e. The van der Waals surface area contributed by atoms with Crippen molar-refractivity contribution < 1.29 is 4.74 Å². The van der Waals surface area contributed by atoms with Crippen LogP contribution in [0.4, 0.5) is 0 Å². The van der Waals surface area contributed by atoms with Crippen molar-refractivity contribution in [2.75, 3.05) is 0 Å². The predicted octanol–water partition coefficient (Wildman–Crippen LogP) is 3.48. The number of nitrogens with two attached hydrogens (primary N) is 1. The van der Waals surface area contributed by atoms with E-state index in [2.05, 4.69) is 29.8 Å². The molecule has 84 valence electrons. The first kappa shape index (κ1) is 12.5. The van der Waals surface area contributed by atoms with Crippen LogP contribution in [-0.4, -0.2) is 6.10 Å². The van der Waals surface area contributed by atoms with Gasteiger partial charge in [-0.15, -0.1) is 0 Å². The zero-order chi connectivity index (χ0) is 11.3. The fourth-order valence-corrected chi connectivity index (χ4v) is 1.84. The average molecular weight is 272 g/mol. The number of rotatable bonds is 5. The molecule has 0 saturated carbocycles. The molecule has 1 aromatic carbocycles. The van der Waals surface area contributed by atoms with Gasteiger partial charge in [-0.05, 0) is 36.6 Å². The summed E-state index contributed by atoms with van der Waals surface area (Å²) in [6, 6.07) is 5.96. The number of benzene rings is 1. The lowest BCUT2D eigenvalue weighted by molar-refractivity contribution is 0.192. The molecule has 1 rings (SSSR count). The molecule has 0 aliphatic carbocycles. The number of halogens is 1. The Hall–Kier alpha value is -0.540. The van der Waals surface area contributed by atoms with Gasteiger partial charge in [-0.2, -0.15) is 0 Å². The van der Waals surface area contributed by atoms with Crippen molar-refractivity contribution in [3.8, 4) is 5.75 Å². The highest BCUT2D eigenvalue weighted by molar-refractivity contribution is 9.10. The molecule has 2 N–H and O–H groups in total. The molecule has 15 heavy (non-hydrogen) atoms. The summed E-state index contributed by atoms with van der Waals surface area (Å²) in [5.74, 6) is 0.910. The highest BCUT2D eigenvalue weighted by atomic mass is 79.9. The van der Waals surface area contributed by atoms with Crippen molar-refractivity contribution in [1.82, 2.24) is 0 Å². The zero-order valence-corrected chi connectivity index (χ0v) is 10.9. The molecule has 0 radical (unpaired) electrons. The highest BCUT2D eigenvalue weighted by Gasteiger charge is 2.06. The average Bonchev–Trinajstić information content (AvgIpc) is 2.28. The monoisotopic (exact) mass is 271 g/mol. The Bertz CT molecular complexity index is 310. The lowest BCUT2D eigenvalue weighted by Crippen LogP contribution is -2.13. The van der Waals surface area contributed by atoms with Crippen LogP contribution >= 0.6 is 15.9 Å². The molecular weight excluding hydrogens is 254 g/mol. The second-order valence-electron chi connectivity index (χ2n) is 3.51. The van der Waals surface area contributed by atoms with Crippen LogP contribution in [0.1, 0.15) is 32.3 Å². The summed E-state index contributed by atoms with van der Waals surface area (Å²) in [7, 11) is 0. The van der Waals surface area contributed by atoms with Gasteiger partial charge in [0.2, 0.25) is 0 Å². The molecule has 0 atom stereocenters. The van der Waals surface area contributed by atoms with E-state index in [0.717, 1.165) is 28.6 Å². The van der Waals surface area contributed by atoms with Crippen molar-refractivity contribution in [2.24, 2.45) is 5.73 Å². The van der Waals surface area contributed by atoms with Crippen LogP contribution in [0.3, 0.4) is 0 Å². The van der Waals surface area contributed by atoms with Gasteiger partial charge in [-0.1, -0.05) is 29.8 Å². The summed E-state index contributed by atoms with van der Waals surface area (Å²) in [5, 5.41) is 0. The summed E-state index contributed by atoms with van der Waals surface area (Å²) in [6.07, 6.45) is 2.37. The molecule has 3 heteroatoms. The van der Waals surface area contributed by atoms with Crippen molar-refractivity contribution in [3.63, 3.8) is 0 Å². The Labute approximate surface area is 99.9 Å². The first-order valence-electron chi connectivity index (χ1n) is 5.36. The molecule has 0 bridgehead atoms. The van der Waals surface area contributed by atoms with Gasteiger partial charge in [-0.3, -0.25) is 0 Å². The number of hydrogen-bond acceptors (Lipinski definition) is 2. The van der Waals surface area contributed by atoms with Gasteiger partial charge in [0.15, 0.2) is 0 Å². The molecule has 0 heterocycles. The second-order valence-corrected chi connectivity index (χ2v) is 4.37. The third-order valence-electron chi connectivity index (χ3n) is 2.45. The van der Waals surface area contributed by atoms with E-state index < -0.39 is 0 Å². The van der Waals surface area contributed by atoms with E-state index in [-0.39, 0.29) is 0 Å². The lowest BCUT2D eigenvalue weighted by Gasteiger charge is -2.16. The first-order valence-corrected chi connectivity index (χ1v) is 6.15. The minimum Gasteiger partial charge on any atom is -0.490 e. The van der Waals surface area contributed by atoms with Gasteiger partial charge in [0.05, 0.1) is 6.10 Å². The van der Waals surface area contributed by atoms with Crippen LogP contribution in [-0.2, 0) is 6.54 Å². The zero-order valence-electron chi connectivity index (χ0n) is 9.29. The van der Waals surface area contributed by atoms with Crippen LogP contribution in [0, 0.1) is 0 Å². The van der Waals surface area contributed by atoms with Gasteiger partial charge in [0.1, 0.15) is 5.75 Å². The number of hydrogen-bond donors (Lipinski definition) is 1. The predicted molar refractivity (Wildman–Crippen MR) is 67.0 cm³/mol. The van der Waals surface area contributed by atoms with Crippen molar-refractivity contribution in [2.45, 2.75) is 39.3 Å². The topological polar surface area (TPSA) is 35.2 Å². The summed E-state index contributed by atoms with van der Waals surface area (Å²) in [6.45, 7) is 4.80. The van der Waals surface area contributed by atoms with E-state index in [1.807, 2.05) is 18.2 Å². The quantitative estimate of drug-likeness (QED) is 0.890. The molecule has 1 aromatic rings. The summed E-state index contributed by atoms with van der Waals surface area (Å²) >= 11 is 3.46. The molecule has 0 amide bonds. The van der Waals surface area contributed by atoms with E-state index in [0.29, 0.717) is 12.6 Å². The van der Waals surface area contributed by atoms with E-state index in [1.165, 1.54) is 0 Å². The fourth-order valence-electron chi connectivity index (χ4n) is 1.43. The molecule has 0 aliphatic rings. The maximum absolute atomic E-state index is 5.83. The van der Waals surface area contributed by atoms with Crippen LogP contribution < -0.4 is 10.5 Å². The lowest BCUT2D eigenvalue weighted by atomic mass is 10.2. The summed E-state index contributed by atoms with van der Waals surface area (Å²) < 4.78 is 6.88. The van der Waals surface area contributed by atoms with Gasteiger partial charge < -0.3 is 10.5 Å². The normalized spacial score (nSPS) is 10.7. The third kappa shape index (κ3) is 3.50. The minimum absolute atomic E-state index is 0.303. The third-order valence-corrected chi connectivity index (χ3v) is 3.22. The SMILES string of the molecule is CCC(CC)Oc1ccc(Br)c(CN)c1. The largest absolute Gasteiger partial charge is 0.490 e. The minimum atomic E-state index is 0.303. The fraction of sp³-hybridized carbons (Fsp3) is 0.500. The Balaban J connectivity index is 2.77. The Kier molecular flexibility index (Phi) is 5.12. The van der Waals surface area contributed by atoms with E-state index in [1.54, 1.807) is 0 Å². The van der Waals surface area contributed by atoms with Crippen molar-refractivity contribution in [3.05, 3.63) is 28.2 Å². The highest BCUT2D eigenvalue weighted by Crippen LogP contribution is 2.23. The molecule has 0 aliphatic heterocycles. The van der Waals surface area contributed by atoms with Gasteiger partial charge >= 0.3 is 0 Å². The second kappa shape index (κ2) is 6.13. The molecule has 0 unspecified atom stereocenters. The van der Waals surface area contributed by atoms with E-state index in [4.69, 9.17) is 10.5 Å².